The van der Waals surface area contributed by atoms with Gasteiger partial charge >= 0.3 is 12.1 Å². The van der Waals surface area contributed by atoms with Gasteiger partial charge in [-0.3, -0.25) is 14.4 Å². The number of nitrogens with one attached hydrogen (secondary N) is 1. The third-order valence-electron chi connectivity index (χ3n) is 7.28. The van der Waals surface area contributed by atoms with Crippen LogP contribution in [0.1, 0.15) is 102 Å². The van der Waals surface area contributed by atoms with Crippen molar-refractivity contribution in [3.8, 4) is 0 Å². The summed E-state index contributed by atoms with van der Waals surface area (Å²) in [5, 5.41) is 3.11. The molecule has 3 amide bonds. The van der Waals surface area contributed by atoms with Crippen LogP contribution in [0, 0.1) is 11.8 Å². The summed E-state index contributed by atoms with van der Waals surface area (Å²) in [4.78, 5) is 51.7. The first kappa shape index (κ1) is 30.4. The van der Waals surface area contributed by atoms with E-state index in [1.807, 2.05) is 39.0 Å². The molecule has 39 heavy (non-hydrogen) atoms. The average molecular weight is 544 g/mol. The minimum atomic E-state index is -0.900. The number of ether oxygens (including phenoxy) is 2. The Bertz CT molecular complexity index is 1090. The van der Waals surface area contributed by atoms with E-state index in [-0.39, 0.29) is 37.3 Å². The van der Waals surface area contributed by atoms with Gasteiger partial charge in [0.15, 0.2) is 0 Å². The summed E-state index contributed by atoms with van der Waals surface area (Å²) in [5.41, 5.74) is 6.91. The Kier molecular flexibility index (Phi) is 9.34. The maximum atomic E-state index is 13.2. The summed E-state index contributed by atoms with van der Waals surface area (Å²) in [6.45, 7) is 13.3. The van der Waals surface area contributed by atoms with Crippen molar-refractivity contribution < 1.29 is 28.7 Å². The highest BCUT2D eigenvalue weighted by Crippen LogP contribution is 2.34. The van der Waals surface area contributed by atoms with E-state index in [0.29, 0.717) is 11.5 Å². The molecule has 2 aliphatic rings. The van der Waals surface area contributed by atoms with Crippen molar-refractivity contribution >= 4 is 23.9 Å². The summed E-state index contributed by atoms with van der Waals surface area (Å²) >= 11 is 0. The monoisotopic (exact) mass is 543 g/mol. The van der Waals surface area contributed by atoms with Gasteiger partial charge in [-0.15, -0.1) is 0 Å². The van der Waals surface area contributed by atoms with Crippen LogP contribution in [-0.4, -0.2) is 52.1 Å². The van der Waals surface area contributed by atoms with Gasteiger partial charge < -0.3 is 25.4 Å². The average Bonchev–Trinajstić information content (AvgIpc) is 3.09. The molecular formula is C30H45N3O6. The standard InChI is InChI=1S/C30H45N3O6/c1-18-9-8-10-20(25(18)32-28(37)39-30(5,6)7)15-19-11-12-22-21(16-19)17-33(27(22)36)23(26(31)35)13-14-24(34)38-29(2,3)4/h11-12,16,18,20,23,25H,8-10,13-15,17H2,1-7H3,(H2,31,35)(H,32,37)/t18-,20+,23-,25-/m0/s1. The van der Waals surface area contributed by atoms with Gasteiger partial charge in [0, 0.05) is 24.6 Å². The molecule has 9 heteroatoms. The molecule has 9 nitrogen and oxygen atoms in total. The first-order valence-electron chi connectivity index (χ1n) is 14.0. The fraction of sp³-hybridized carbons (Fsp3) is 0.667. The van der Waals surface area contributed by atoms with Crippen LogP contribution < -0.4 is 11.1 Å². The first-order chi connectivity index (χ1) is 18.0. The quantitative estimate of drug-likeness (QED) is 0.465. The molecule has 1 aliphatic carbocycles. The molecule has 1 aliphatic heterocycles. The number of carbonyl (C=O) groups excluding carboxylic acids is 4. The predicted molar refractivity (Wildman–Crippen MR) is 148 cm³/mol. The smallest absolute Gasteiger partial charge is 0.407 e. The Labute approximate surface area is 232 Å². The Morgan fingerprint density at radius 3 is 2.36 bits per heavy atom. The number of hydrogen-bond donors (Lipinski definition) is 2. The second-order valence-electron chi connectivity index (χ2n) is 13.0. The molecular weight excluding hydrogens is 498 g/mol. The predicted octanol–water partition coefficient (Wildman–Crippen LogP) is 4.49. The normalized spacial score (nSPS) is 22.2. The topological polar surface area (TPSA) is 128 Å². The number of esters is 1. The Hall–Kier alpha value is -3.10. The number of rotatable bonds is 8. The van der Waals surface area contributed by atoms with Gasteiger partial charge in [-0.2, -0.15) is 0 Å². The van der Waals surface area contributed by atoms with E-state index < -0.39 is 35.2 Å². The van der Waals surface area contributed by atoms with Gasteiger partial charge in [0.1, 0.15) is 17.2 Å². The highest BCUT2D eigenvalue weighted by Gasteiger charge is 2.37. The number of hydrogen-bond acceptors (Lipinski definition) is 6. The van der Waals surface area contributed by atoms with E-state index in [1.54, 1.807) is 20.8 Å². The minimum Gasteiger partial charge on any atom is -0.460 e. The Morgan fingerprint density at radius 1 is 1.08 bits per heavy atom. The fourth-order valence-electron chi connectivity index (χ4n) is 5.64. The zero-order chi connectivity index (χ0) is 29.1. The molecule has 1 aromatic carbocycles. The number of primary amides is 1. The fourth-order valence-corrected chi connectivity index (χ4v) is 5.64. The van der Waals surface area contributed by atoms with Crippen molar-refractivity contribution in [3.05, 3.63) is 34.9 Å². The van der Waals surface area contributed by atoms with Crippen LogP contribution in [0.2, 0.25) is 0 Å². The molecule has 3 N–H and O–H groups in total. The van der Waals surface area contributed by atoms with Gasteiger partial charge in [0.2, 0.25) is 5.91 Å². The second-order valence-corrected chi connectivity index (χ2v) is 13.0. The maximum Gasteiger partial charge on any atom is 0.407 e. The van der Waals surface area contributed by atoms with E-state index in [9.17, 15) is 19.2 Å². The lowest BCUT2D eigenvalue weighted by atomic mass is 9.75. The number of fused-ring (bicyclic) bond motifs is 1. The van der Waals surface area contributed by atoms with E-state index in [1.165, 1.54) is 4.90 Å². The zero-order valence-electron chi connectivity index (χ0n) is 24.5. The molecule has 3 rings (SSSR count). The Morgan fingerprint density at radius 2 is 1.74 bits per heavy atom. The lowest BCUT2D eigenvalue weighted by Crippen LogP contribution is -2.48. The number of alkyl carbamates (subject to hydrolysis) is 1. The van der Waals surface area contributed by atoms with Crippen molar-refractivity contribution in [2.24, 2.45) is 17.6 Å². The van der Waals surface area contributed by atoms with Crippen molar-refractivity contribution in [1.82, 2.24) is 10.2 Å². The maximum absolute atomic E-state index is 13.2. The van der Waals surface area contributed by atoms with Gasteiger partial charge in [0.25, 0.3) is 5.91 Å². The highest BCUT2D eigenvalue weighted by molar-refractivity contribution is 6.01. The van der Waals surface area contributed by atoms with Crippen molar-refractivity contribution in [1.29, 1.82) is 0 Å². The van der Waals surface area contributed by atoms with Crippen LogP contribution in [0.4, 0.5) is 4.79 Å². The van der Waals surface area contributed by atoms with Crippen LogP contribution in [0.25, 0.3) is 0 Å². The molecule has 216 valence electrons. The lowest BCUT2D eigenvalue weighted by Gasteiger charge is -2.37. The van der Waals surface area contributed by atoms with Crippen LogP contribution in [0.3, 0.4) is 0 Å². The van der Waals surface area contributed by atoms with E-state index in [0.717, 1.165) is 36.8 Å². The van der Waals surface area contributed by atoms with Gasteiger partial charge in [-0.05, 0) is 96.3 Å². The number of nitrogens with zero attached hydrogens (tertiary/aromatic N) is 1. The van der Waals surface area contributed by atoms with Gasteiger partial charge in [0.05, 0.1) is 0 Å². The molecule has 0 spiro atoms. The first-order valence-corrected chi connectivity index (χ1v) is 14.0. The van der Waals surface area contributed by atoms with E-state index in [4.69, 9.17) is 15.2 Å². The molecule has 0 saturated heterocycles. The Balaban J connectivity index is 1.70. The number of benzene rings is 1. The summed E-state index contributed by atoms with van der Waals surface area (Å²) in [5.74, 6) is -0.785. The summed E-state index contributed by atoms with van der Waals surface area (Å²) in [7, 11) is 0. The molecule has 0 aromatic heterocycles. The van der Waals surface area contributed by atoms with Gasteiger partial charge in [-0.1, -0.05) is 25.5 Å². The number of nitrogens with two attached hydrogens (primary N) is 1. The summed E-state index contributed by atoms with van der Waals surface area (Å²) in [6.07, 6.45) is 3.57. The van der Waals surface area contributed by atoms with Crippen molar-refractivity contribution in [3.63, 3.8) is 0 Å². The van der Waals surface area contributed by atoms with Crippen molar-refractivity contribution in [2.45, 2.75) is 117 Å². The SMILES string of the molecule is C[C@H]1CCC[C@H](Cc2ccc3c(c2)CN([C@@H](CCC(=O)OC(C)(C)C)C(N)=O)C3=O)[C@H]1NC(=O)OC(C)(C)C. The van der Waals surface area contributed by atoms with Gasteiger partial charge in [-0.25, -0.2) is 4.79 Å². The van der Waals surface area contributed by atoms with Crippen molar-refractivity contribution in [2.75, 3.05) is 0 Å². The van der Waals surface area contributed by atoms with Crippen LogP contribution in [-0.2, 0) is 32.0 Å². The molecule has 0 radical (unpaired) electrons. The minimum absolute atomic E-state index is 0.00733. The van der Waals surface area contributed by atoms with E-state index in [2.05, 4.69) is 12.2 Å². The molecule has 1 saturated carbocycles. The van der Waals surface area contributed by atoms with E-state index >= 15 is 0 Å². The molecule has 1 heterocycles. The second kappa shape index (κ2) is 12.0. The third kappa shape index (κ3) is 8.44. The highest BCUT2D eigenvalue weighted by atomic mass is 16.6. The molecule has 0 bridgehead atoms. The molecule has 1 aromatic rings. The largest absolute Gasteiger partial charge is 0.460 e. The number of amides is 3. The lowest BCUT2D eigenvalue weighted by molar-refractivity contribution is -0.155. The van der Waals surface area contributed by atoms with Crippen LogP contribution in [0.5, 0.6) is 0 Å². The summed E-state index contributed by atoms with van der Waals surface area (Å²) < 4.78 is 10.9. The molecule has 4 atom stereocenters. The third-order valence-corrected chi connectivity index (χ3v) is 7.28. The molecule has 1 fully saturated rings. The zero-order valence-corrected chi connectivity index (χ0v) is 24.5. The summed E-state index contributed by atoms with van der Waals surface area (Å²) in [6, 6.07) is 4.86. The number of carbonyl (C=O) groups is 4. The van der Waals surface area contributed by atoms with Crippen LogP contribution in [0.15, 0.2) is 18.2 Å². The molecule has 0 unspecified atom stereocenters. The van der Waals surface area contributed by atoms with Crippen LogP contribution >= 0.6 is 0 Å².